The molecule has 190 valence electrons. The number of amides is 1. The molecule has 5 nitrogen and oxygen atoms in total. The van der Waals surface area contributed by atoms with Gasteiger partial charge in [-0.05, 0) is 87.4 Å². The number of nitrogens with one attached hydrogen (secondary N) is 1. The third kappa shape index (κ3) is 5.01. The van der Waals surface area contributed by atoms with Gasteiger partial charge in [0.15, 0.2) is 0 Å². The maximum Gasteiger partial charge on any atom is 0.229 e. The molecule has 36 heavy (non-hydrogen) atoms. The van der Waals surface area contributed by atoms with Gasteiger partial charge < -0.3 is 10.1 Å². The molecule has 1 heterocycles. The van der Waals surface area contributed by atoms with Crippen LogP contribution in [0.1, 0.15) is 69.0 Å². The molecule has 1 fully saturated rings. The summed E-state index contributed by atoms with van der Waals surface area (Å²) in [5.74, 6) is 1.16. The summed E-state index contributed by atoms with van der Waals surface area (Å²) in [7, 11) is 1.66. The SMILES string of the molecule is COc1ccc(-c2c3c(nn2-c2ccc(Cl)cc2Cl)C(C(=O)N[C@H](C)C2CCCCC2)CCC3)cc1. The van der Waals surface area contributed by atoms with E-state index >= 15 is 0 Å². The second-order valence-electron chi connectivity index (χ2n) is 10.1. The predicted molar refractivity (Wildman–Crippen MR) is 145 cm³/mol. The Kier molecular flexibility index (Phi) is 7.59. The average Bonchev–Trinajstić information content (AvgIpc) is 3.28. The number of benzene rings is 2. The first kappa shape index (κ1) is 25.2. The molecular formula is C29H33Cl2N3O2. The summed E-state index contributed by atoms with van der Waals surface area (Å²) in [4.78, 5) is 13.6. The lowest BCUT2D eigenvalue weighted by Gasteiger charge is -2.30. The minimum absolute atomic E-state index is 0.0853. The van der Waals surface area contributed by atoms with Crippen LogP contribution in [0.3, 0.4) is 0 Å². The van der Waals surface area contributed by atoms with E-state index in [2.05, 4.69) is 12.2 Å². The Bertz CT molecular complexity index is 1230. The molecule has 2 atom stereocenters. The van der Waals surface area contributed by atoms with Crippen LogP contribution in [-0.4, -0.2) is 28.8 Å². The zero-order chi connectivity index (χ0) is 25.2. The fraction of sp³-hybridized carbons (Fsp3) is 0.448. The molecular weight excluding hydrogens is 493 g/mol. The van der Waals surface area contributed by atoms with Gasteiger partial charge in [-0.25, -0.2) is 4.68 Å². The summed E-state index contributed by atoms with van der Waals surface area (Å²) in [6, 6.07) is 13.6. The smallest absolute Gasteiger partial charge is 0.229 e. The highest BCUT2D eigenvalue weighted by molar-refractivity contribution is 6.35. The van der Waals surface area contributed by atoms with Crippen LogP contribution in [0.25, 0.3) is 16.9 Å². The molecule has 1 N–H and O–H groups in total. The number of hydrogen-bond acceptors (Lipinski definition) is 3. The highest BCUT2D eigenvalue weighted by Crippen LogP contribution is 2.40. The van der Waals surface area contributed by atoms with Gasteiger partial charge in [-0.15, -0.1) is 0 Å². The molecule has 2 aromatic carbocycles. The maximum absolute atomic E-state index is 13.6. The molecule has 0 bridgehead atoms. The summed E-state index contributed by atoms with van der Waals surface area (Å²) in [6.07, 6.45) is 8.82. The highest BCUT2D eigenvalue weighted by atomic mass is 35.5. The van der Waals surface area contributed by atoms with Crippen LogP contribution in [-0.2, 0) is 11.2 Å². The Balaban J connectivity index is 1.54. The Morgan fingerprint density at radius 1 is 1.06 bits per heavy atom. The van der Waals surface area contributed by atoms with Crippen LogP contribution in [0.4, 0.5) is 0 Å². The van der Waals surface area contributed by atoms with Crippen molar-refractivity contribution in [1.29, 1.82) is 0 Å². The van der Waals surface area contributed by atoms with Crippen molar-refractivity contribution < 1.29 is 9.53 Å². The average molecular weight is 527 g/mol. The predicted octanol–water partition coefficient (Wildman–Crippen LogP) is 7.36. The summed E-state index contributed by atoms with van der Waals surface area (Å²) in [5.41, 5.74) is 4.69. The number of carbonyl (C=O) groups excluding carboxylic acids is 1. The van der Waals surface area contributed by atoms with Gasteiger partial charge in [-0.3, -0.25) is 4.79 Å². The maximum atomic E-state index is 13.6. The number of methoxy groups -OCH3 is 1. The Morgan fingerprint density at radius 3 is 2.50 bits per heavy atom. The number of carbonyl (C=O) groups is 1. The number of aromatic nitrogens is 2. The van der Waals surface area contributed by atoms with Crippen molar-refractivity contribution in [3.05, 3.63) is 63.8 Å². The molecule has 1 amide bonds. The molecule has 0 aliphatic heterocycles. The minimum atomic E-state index is -0.274. The minimum Gasteiger partial charge on any atom is -0.497 e. The molecule has 1 saturated carbocycles. The van der Waals surface area contributed by atoms with Crippen molar-refractivity contribution in [3.63, 3.8) is 0 Å². The van der Waals surface area contributed by atoms with Gasteiger partial charge in [0, 0.05) is 22.2 Å². The van der Waals surface area contributed by atoms with Crippen LogP contribution in [0.5, 0.6) is 5.75 Å². The fourth-order valence-electron chi connectivity index (χ4n) is 5.82. The van der Waals surface area contributed by atoms with Crippen LogP contribution in [0.2, 0.25) is 10.0 Å². The standard InChI is InChI=1S/C29H33Cl2N3O2/c1-18(19-7-4-3-5-8-19)32-29(35)24-10-6-9-23-27(24)33-34(26-16-13-21(30)17-25(26)31)28(23)20-11-14-22(36-2)15-12-20/h11-19,24H,3-10H2,1-2H3,(H,32,35)/t18-,24?/m1/s1. The third-order valence-electron chi connectivity index (χ3n) is 7.81. The topological polar surface area (TPSA) is 56.2 Å². The van der Waals surface area contributed by atoms with Crippen LogP contribution in [0.15, 0.2) is 42.5 Å². The lowest BCUT2D eigenvalue weighted by molar-refractivity contribution is -0.124. The molecule has 7 heteroatoms. The van der Waals surface area contributed by atoms with E-state index in [4.69, 9.17) is 33.0 Å². The van der Waals surface area contributed by atoms with E-state index in [0.717, 1.165) is 53.2 Å². The number of hydrogen-bond donors (Lipinski definition) is 1. The molecule has 3 aromatic rings. The normalized spacial score (nSPS) is 18.9. The summed E-state index contributed by atoms with van der Waals surface area (Å²) in [6.45, 7) is 2.16. The second-order valence-corrected chi connectivity index (χ2v) is 10.9. The Hall–Kier alpha value is -2.50. The van der Waals surface area contributed by atoms with Crippen molar-refractivity contribution >= 4 is 29.1 Å². The fourth-order valence-corrected chi connectivity index (χ4v) is 6.31. The lowest BCUT2D eigenvalue weighted by Crippen LogP contribution is -2.42. The van der Waals surface area contributed by atoms with Gasteiger partial charge in [0.1, 0.15) is 5.75 Å². The lowest BCUT2D eigenvalue weighted by atomic mass is 9.83. The summed E-state index contributed by atoms with van der Waals surface area (Å²) >= 11 is 12.8. The zero-order valence-corrected chi connectivity index (χ0v) is 22.4. The van der Waals surface area contributed by atoms with E-state index < -0.39 is 0 Å². The molecule has 0 radical (unpaired) electrons. The number of ether oxygens (including phenoxy) is 1. The van der Waals surface area contributed by atoms with Gasteiger partial charge in [0.25, 0.3) is 0 Å². The first-order chi connectivity index (χ1) is 17.5. The van der Waals surface area contributed by atoms with Crippen molar-refractivity contribution in [2.75, 3.05) is 7.11 Å². The Labute approximate surface area is 223 Å². The summed E-state index contributed by atoms with van der Waals surface area (Å²) in [5, 5.41) is 9.49. The number of fused-ring (bicyclic) bond motifs is 1. The monoisotopic (exact) mass is 525 g/mol. The van der Waals surface area contributed by atoms with E-state index in [-0.39, 0.29) is 17.9 Å². The quantitative estimate of drug-likeness (QED) is 0.365. The van der Waals surface area contributed by atoms with Crippen molar-refractivity contribution in [2.45, 2.75) is 70.3 Å². The molecule has 0 spiro atoms. The van der Waals surface area contributed by atoms with Gasteiger partial charge >= 0.3 is 0 Å². The van der Waals surface area contributed by atoms with Gasteiger partial charge in [-0.1, -0.05) is 42.5 Å². The molecule has 1 aromatic heterocycles. The largest absolute Gasteiger partial charge is 0.497 e. The van der Waals surface area contributed by atoms with Crippen LogP contribution >= 0.6 is 23.2 Å². The van der Waals surface area contributed by atoms with Crippen molar-refractivity contribution in [1.82, 2.24) is 15.1 Å². The Morgan fingerprint density at radius 2 is 1.81 bits per heavy atom. The van der Waals surface area contributed by atoms with Gasteiger partial charge in [-0.2, -0.15) is 5.10 Å². The van der Waals surface area contributed by atoms with E-state index in [1.54, 1.807) is 13.2 Å². The molecule has 1 unspecified atom stereocenters. The molecule has 5 rings (SSSR count). The second kappa shape index (κ2) is 10.9. The molecule has 2 aliphatic rings. The zero-order valence-electron chi connectivity index (χ0n) is 20.9. The highest BCUT2D eigenvalue weighted by Gasteiger charge is 2.35. The van der Waals surface area contributed by atoms with Crippen LogP contribution < -0.4 is 10.1 Å². The first-order valence-corrected chi connectivity index (χ1v) is 13.7. The molecule has 0 saturated heterocycles. The number of halogens is 2. The van der Waals surface area contributed by atoms with Crippen molar-refractivity contribution in [2.24, 2.45) is 5.92 Å². The third-order valence-corrected chi connectivity index (χ3v) is 8.35. The van der Waals surface area contributed by atoms with Gasteiger partial charge in [0.05, 0.1) is 35.1 Å². The number of rotatable bonds is 6. The van der Waals surface area contributed by atoms with E-state index in [1.807, 2.05) is 41.1 Å². The van der Waals surface area contributed by atoms with Crippen LogP contribution in [0, 0.1) is 5.92 Å². The summed E-state index contributed by atoms with van der Waals surface area (Å²) < 4.78 is 7.26. The van der Waals surface area contributed by atoms with Crippen molar-refractivity contribution in [3.8, 4) is 22.7 Å². The van der Waals surface area contributed by atoms with Gasteiger partial charge in [0.2, 0.25) is 5.91 Å². The molecule has 2 aliphatic carbocycles. The number of nitrogens with zero attached hydrogens (tertiary/aromatic N) is 2. The first-order valence-electron chi connectivity index (χ1n) is 13.0. The van der Waals surface area contributed by atoms with E-state index in [1.165, 1.54) is 32.1 Å². The van der Waals surface area contributed by atoms with E-state index in [0.29, 0.717) is 16.0 Å². The van der Waals surface area contributed by atoms with E-state index in [9.17, 15) is 4.79 Å².